The van der Waals surface area contributed by atoms with Gasteiger partial charge in [-0.05, 0) is 31.5 Å². The number of rotatable bonds is 2. The number of alkyl halides is 6. The average molecular weight is 471 g/mol. The molecule has 176 valence electrons. The Morgan fingerprint density at radius 2 is 1.67 bits per heavy atom. The van der Waals surface area contributed by atoms with Crippen LogP contribution in [0.5, 0.6) is 0 Å². The minimum atomic E-state index is -4.69. The molecule has 4 rings (SSSR count). The number of halogens is 6. The van der Waals surface area contributed by atoms with Crippen LogP contribution in [-0.2, 0) is 32.9 Å². The van der Waals surface area contributed by atoms with E-state index in [-0.39, 0.29) is 18.7 Å². The van der Waals surface area contributed by atoms with Crippen molar-refractivity contribution in [3.63, 3.8) is 0 Å². The Hall–Kier alpha value is -3.31. The van der Waals surface area contributed by atoms with E-state index in [0.29, 0.717) is 17.0 Å². The Morgan fingerprint density at radius 1 is 1.00 bits per heavy atom. The molecule has 33 heavy (non-hydrogen) atoms. The molecule has 1 atom stereocenters. The van der Waals surface area contributed by atoms with Gasteiger partial charge in [0.05, 0.1) is 34.3 Å². The number of benzene rings is 1. The SMILES string of the molecule is C[C@H]1c2nn(C)c(-c3cc(C(F)(F)F)nn3C)c2CCN1C(=O)c1ccccc1C(F)(F)F. The van der Waals surface area contributed by atoms with Gasteiger partial charge in [-0.1, -0.05) is 12.1 Å². The largest absolute Gasteiger partial charge is 0.435 e. The lowest BCUT2D eigenvalue weighted by molar-refractivity contribution is -0.141. The fourth-order valence-corrected chi connectivity index (χ4v) is 4.24. The summed E-state index contributed by atoms with van der Waals surface area (Å²) in [4.78, 5) is 14.4. The smallest absolute Gasteiger partial charge is 0.330 e. The predicted molar refractivity (Wildman–Crippen MR) is 105 cm³/mol. The highest BCUT2D eigenvalue weighted by molar-refractivity contribution is 5.96. The van der Waals surface area contributed by atoms with Crippen LogP contribution in [0, 0.1) is 0 Å². The van der Waals surface area contributed by atoms with E-state index in [4.69, 9.17) is 0 Å². The van der Waals surface area contributed by atoms with E-state index in [0.717, 1.165) is 22.9 Å². The maximum absolute atomic E-state index is 13.4. The van der Waals surface area contributed by atoms with E-state index in [9.17, 15) is 31.1 Å². The monoisotopic (exact) mass is 471 g/mol. The molecule has 0 aliphatic carbocycles. The number of aromatic nitrogens is 4. The van der Waals surface area contributed by atoms with Crippen LogP contribution in [0.1, 0.15) is 45.8 Å². The van der Waals surface area contributed by atoms with Gasteiger partial charge in [-0.2, -0.15) is 36.5 Å². The molecule has 3 aromatic rings. The van der Waals surface area contributed by atoms with Gasteiger partial charge in [0.2, 0.25) is 0 Å². The highest BCUT2D eigenvalue weighted by atomic mass is 19.4. The molecule has 0 radical (unpaired) electrons. The van der Waals surface area contributed by atoms with E-state index < -0.39 is 41.1 Å². The third-order valence-corrected chi connectivity index (χ3v) is 5.78. The molecule has 6 nitrogen and oxygen atoms in total. The van der Waals surface area contributed by atoms with E-state index in [1.807, 2.05) is 0 Å². The summed E-state index contributed by atoms with van der Waals surface area (Å²) in [7, 11) is 2.95. The number of amides is 1. The number of hydrogen-bond donors (Lipinski definition) is 0. The van der Waals surface area contributed by atoms with Crippen LogP contribution in [0.3, 0.4) is 0 Å². The van der Waals surface area contributed by atoms with Crippen molar-refractivity contribution in [3.05, 3.63) is 58.4 Å². The van der Waals surface area contributed by atoms with Crippen molar-refractivity contribution < 1.29 is 31.1 Å². The summed E-state index contributed by atoms with van der Waals surface area (Å²) < 4.78 is 82.1. The van der Waals surface area contributed by atoms with Crippen LogP contribution in [0.4, 0.5) is 26.3 Å². The van der Waals surface area contributed by atoms with Crippen molar-refractivity contribution >= 4 is 5.91 Å². The molecule has 1 amide bonds. The molecule has 3 heterocycles. The van der Waals surface area contributed by atoms with E-state index in [2.05, 4.69) is 10.2 Å². The molecule has 0 fully saturated rings. The molecular formula is C21H19F6N5O. The maximum Gasteiger partial charge on any atom is 0.435 e. The van der Waals surface area contributed by atoms with Gasteiger partial charge in [0.25, 0.3) is 5.91 Å². The topological polar surface area (TPSA) is 56.0 Å². The first-order chi connectivity index (χ1) is 15.3. The third-order valence-electron chi connectivity index (χ3n) is 5.78. The standard InChI is InChI=1S/C21H19F6N5O/c1-11-17-13(18(31(3)29-17)15-10-16(21(25,26)27)28-30(15)2)8-9-32(11)19(33)12-6-4-5-7-14(12)20(22,23)24/h4-7,10-11H,8-9H2,1-3H3/t11-/m0/s1. The van der Waals surface area contributed by atoms with Gasteiger partial charge < -0.3 is 4.90 Å². The summed E-state index contributed by atoms with van der Waals surface area (Å²) in [5.41, 5.74) is -0.846. The number of hydrogen-bond acceptors (Lipinski definition) is 3. The highest BCUT2D eigenvalue weighted by Gasteiger charge is 2.40. The molecule has 2 aromatic heterocycles. The van der Waals surface area contributed by atoms with Crippen molar-refractivity contribution in [3.8, 4) is 11.4 Å². The Labute approximate surface area is 184 Å². The second-order valence-electron chi connectivity index (χ2n) is 7.84. The van der Waals surface area contributed by atoms with Gasteiger partial charge >= 0.3 is 12.4 Å². The molecule has 1 aliphatic rings. The van der Waals surface area contributed by atoms with Gasteiger partial charge in [-0.3, -0.25) is 14.2 Å². The lowest BCUT2D eigenvalue weighted by atomic mass is 9.95. The summed E-state index contributed by atoms with van der Waals surface area (Å²) in [6.45, 7) is 1.72. The first-order valence-electron chi connectivity index (χ1n) is 9.95. The number of nitrogens with zero attached hydrogens (tertiary/aromatic N) is 5. The van der Waals surface area contributed by atoms with Gasteiger partial charge in [-0.25, -0.2) is 0 Å². The van der Waals surface area contributed by atoms with Crippen LogP contribution in [0.2, 0.25) is 0 Å². The molecule has 0 saturated carbocycles. The Kier molecular flexibility index (Phi) is 5.29. The third kappa shape index (κ3) is 3.87. The highest BCUT2D eigenvalue weighted by Crippen LogP contribution is 2.39. The number of carbonyl (C=O) groups is 1. The Morgan fingerprint density at radius 3 is 2.27 bits per heavy atom. The molecule has 0 bridgehead atoms. The summed E-state index contributed by atoms with van der Waals surface area (Å²) in [6, 6.07) is 4.81. The van der Waals surface area contributed by atoms with Gasteiger partial charge in [0.15, 0.2) is 5.69 Å². The Balaban J connectivity index is 1.72. The molecule has 0 spiro atoms. The van der Waals surface area contributed by atoms with Gasteiger partial charge in [-0.15, -0.1) is 0 Å². The molecule has 0 saturated heterocycles. The minimum absolute atomic E-state index is 0.0852. The van der Waals surface area contributed by atoms with Crippen LogP contribution in [-0.4, -0.2) is 36.9 Å². The van der Waals surface area contributed by atoms with E-state index in [1.165, 1.54) is 28.8 Å². The van der Waals surface area contributed by atoms with Crippen LogP contribution in [0.25, 0.3) is 11.4 Å². The fourth-order valence-electron chi connectivity index (χ4n) is 4.24. The molecule has 1 aliphatic heterocycles. The second-order valence-corrected chi connectivity index (χ2v) is 7.84. The number of carbonyl (C=O) groups excluding carboxylic acids is 1. The fraction of sp³-hybridized carbons (Fsp3) is 0.381. The maximum atomic E-state index is 13.4. The summed E-state index contributed by atoms with van der Waals surface area (Å²) in [6.07, 6.45) is -9.09. The lowest BCUT2D eigenvalue weighted by Crippen LogP contribution is -2.39. The van der Waals surface area contributed by atoms with Crippen LogP contribution < -0.4 is 0 Å². The summed E-state index contributed by atoms with van der Waals surface area (Å²) in [5.74, 6) is -0.784. The van der Waals surface area contributed by atoms with Crippen molar-refractivity contribution in [2.75, 3.05) is 6.54 Å². The first-order valence-corrected chi connectivity index (χ1v) is 9.95. The molecule has 12 heteroatoms. The van der Waals surface area contributed by atoms with Crippen molar-refractivity contribution in [2.45, 2.75) is 31.7 Å². The van der Waals surface area contributed by atoms with Crippen molar-refractivity contribution in [1.29, 1.82) is 0 Å². The lowest BCUT2D eigenvalue weighted by Gasteiger charge is -2.33. The normalized spacial score (nSPS) is 16.8. The van der Waals surface area contributed by atoms with Gasteiger partial charge in [0, 0.05) is 26.2 Å². The minimum Gasteiger partial charge on any atom is -0.330 e. The average Bonchev–Trinajstić information content (AvgIpc) is 3.26. The van der Waals surface area contributed by atoms with Crippen molar-refractivity contribution in [1.82, 2.24) is 24.5 Å². The summed E-state index contributed by atoms with van der Waals surface area (Å²) >= 11 is 0. The molecule has 0 N–H and O–H groups in total. The number of fused-ring (bicyclic) bond motifs is 1. The zero-order valence-electron chi connectivity index (χ0n) is 17.8. The van der Waals surface area contributed by atoms with E-state index in [1.54, 1.807) is 14.0 Å². The Bertz CT molecular complexity index is 1220. The summed E-state index contributed by atoms with van der Waals surface area (Å²) in [5, 5.41) is 7.94. The molecule has 1 aromatic carbocycles. The predicted octanol–water partition coefficient (Wildman–Crippen LogP) is 4.62. The van der Waals surface area contributed by atoms with E-state index >= 15 is 0 Å². The molecule has 0 unspecified atom stereocenters. The quantitative estimate of drug-likeness (QED) is 0.513. The number of aryl methyl sites for hydroxylation is 2. The molecular weight excluding hydrogens is 452 g/mol. The second kappa shape index (κ2) is 7.63. The van der Waals surface area contributed by atoms with Gasteiger partial charge in [0.1, 0.15) is 0 Å². The zero-order valence-corrected chi connectivity index (χ0v) is 17.8. The zero-order chi connectivity index (χ0) is 24.3. The van der Waals surface area contributed by atoms with Crippen molar-refractivity contribution in [2.24, 2.45) is 14.1 Å². The van der Waals surface area contributed by atoms with Crippen LogP contribution >= 0.6 is 0 Å². The van der Waals surface area contributed by atoms with Crippen LogP contribution in [0.15, 0.2) is 30.3 Å². The first kappa shape index (κ1) is 22.9.